The van der Waals surface area contributed by atoms with Crippen molar-refractivity contribution in [3.63, 3.8) is 0 Å². The summed E-state index contributed by atoms with van der Waals surface area (Å²) in [4.78, 5) is 17.4. The summed E-state index contributed by atoms with van der Waals surface area (Å²) in [5, 5.41) is 4.70. The minimum absolute atomic E-state index is 0.0599. The third-order valence-electron chi connectivity index (χ3n) is 1.55. The van der Waals surface area contributed by atoms with Crippen LogP contribution in [0.5, 0.6) is 0 Å². The SMILES string of the molecule is CCCNC(N)=NCc1csc(=O)[nH]1. The van der Waals surface area contributed by atoms with E-state index in [-0.39, 0.29) is 4.87 Å². The number of H-pyrrole nitrogens is 1. The second kappa shape index (κ2) is 5.43. The minimum Gasteiger partial charge on any atom is -0.370 e. The van der Waals surface area contributed by atoms with Crippen LogP contribution in [0.4, 0.5) is 0 Å². The molecule has 0 aromatic carbocycles. The molecule has 0 bridgehead atoms. The Hall–Kier alpha value is -1.30. The molecule has 14 heavy (non-hydrogen) atoms. The Labute approximate surface area is 86.1 Å². The zero-order valence-electron chi connectivity index (χ0n) is 8.04. The quantitative estimate of drug-likeness (QED) is 0.496. The van der Waals surface area contributed by atoms with E-state index in [4.69, 9.17) is 5.73 Å². The molecule has 0 saturated carbocycles. The Kier molecular flexibility index (Phi) is 4.18. The van der Waals surface area contributed by atoms with Gasteiger partial charge in [-0.25, -0.2) is 4.99 Å². The van der Waals surface area contributed by atoms with Crippen LogP contribution in [0, 0.1) is 0 Å². The molecule has 0 saturated heterocycles. The molecule has 0 aliphatic heterocycles. The van der Waals surface area contributed by atoms with Crippen molar-refractivity contribution in [2.75, 3.05) is 6.54 Å². The molecular weight excluding hydrogens is 200 g/mol. The Morgan fingerprint density at radius 3 is 3.14 bits per heavy atom. The van der Waals surface area contributed by atoms with E-state index < -0.39 is 0 Å². The Bertz CT molecular complexity index is 354. The number of nitrogens with two attached hydrogens (primary N) is 1. The molecule has 5 nitrogen and oxygen atoms in total. The van der Waals surface area contributed by atoms with Gasteiger partial charge in [0.1, 0.15) is 0 Å². The maximum atomic E-state index is 10.8. The molecule has 0 spiro atoms. The van der Waals surface area contributed by atoms with Gasteiger partial charge in [-0.1, -0.05) is 18.3 Å². The molecule has 0 aliphatic rings. The van der Waals surface area contributed by atoms with E-state index in [1.807, 2.05) is 0 Å². The number of aliphatic imine (C=N–C) groups is 1. The summed E-state index contributed by atoms with van der Waals surface area (Å²) >= 11 is 1.13. The van der Waals surface area contributed by atoms with Crippen molar-refractivity contribution in [1.82, 2.24) is 10.3 Å². The number of aromatic nitrogens is 1. The lowest BCUT2D eigenvalue weighted by atomic mass is 10.5. The summed E-state index contributed by atoms with van der Waals surface area (Å²) in [5.41, 5.74) is 6.36. The third-order valence-corrected chi connectivity index (χ3v) is 2.27. The zero-order valence-corrected chi connectivity index (χ0v) is 8.86. The molecule has 78 valence electrons. The molecule has 0 radical (unpaired) electrons. The Balaban J connectivity index is 2.42. The summed E-state index contributed by atoms with van der Waals surface area (Å²) in [6.07, 6.45) is 1.01. The number of guanidine groups is 1. The van der Waals surface area contributed by atoms with Crippen LogP contribution in [0.1, 0.15) is 19.0 Å². The first-order chi connectivity index (χ1) is 6.72. The summed E-state index contributed by atoms with van der Waals surface area (Å²) in [7, 11) is 0. The summed E-state index contributed by atoms with van der Waals surface area (Å²) in [5.74, 6) is 0.416. The van der Waals surface area contributed by atoms with E-state index in [1.165, 1.54) is 0 Å². The van der Waals surface area contributed by atoms with Crippen LogP contribution in [-0.2, 0) is 6.54 Å². The lowest BCUT2D eigenvalue weighted by Crippen LogP contribution is -2.32. The van der Waals surface area contributed by atoms with Gasteiger partial charge in [0.2, 0.25) is 0 Å². The average Bonchev–Trinajstić information content (AvgIpc) is 2.58. The van der Waals surface area contributed by atoms with E-state index in [0.29, 0.717) is 12.5 Å². The second-order valence-electron chi connectivity index (χ2n) is 2.80. The monoisotopic (exact) mass is 214 g/mol. The lowest BCUT2D eigenvalue weighted by Gasteiger charge is -2.01. The molecule has 0 fully saturated rings. The van der Waals surface area contributed by atoms with Crippen molar-refractivity contribution < 1.29 is 0 Å². The summed E-state index contributed by atoms with van der Waals surface area (Å²) in [6.45, 7) is 3.29. The average molecular weight is 214 g/mol. The van der Waals surface area contributed by atoms with Crippen LogP contribution >= 0.6 is 11.3 Å². The van der Waals surface area contributed by atoms with Gasteiger partial charge in [-0.05, 0) is 6.42 Å². The number of aromatic amines is 1. The molecule has 1 aromatic heterocycles. The fourth-order valence-corrected chi connectivity index (χ4v) is 1.44. The zero-order chi connectivity index (χ0) is 10.4. The van der Waals surface area contributed by atoms with Crippen molar-refractivity contribution in [3.05, 3.63) is 20.7 Å². The summed E-state index contributed by atoms with van der Waals surface area (Å²) < 4.78 is 0. The Morgan fingerprint density at radius 2 is 2.57 bits per heavy atom. The highest BCUT2D eigenvalue weighted by atomic mass is 32.1. The third kappa shape index (κ3) is 3.61. The molecule has 1 heterocycles. The van der Waals surface area contributed by atoms with Crippen LogP contribution in [0.15, 0.2) is 15.2 Å². The molecule has 0 aliphatic carbocycles. The predicted octanol–water partition coefficient (Wildman–Crippen LogP) is 0.251. The van der Waals surface area contributed by atoms with E-state index in [2.05, 4.69) is 22.2 Å². The van der Waals surface area contributed by atoms with Crippen LogP contribution in [0.3, 0.4) is 0 Å². The molecule has 1 aromatic rings. The second-order valence-corrected chi connectivity index (χ2v) is 3.64. The number of nitrogens with one attached hydrogen (secondary N) is 2. The first-order valence-corrected chi connectivity index (χ1v) is 5.31. The van der Waals surface area contributed by atoms with Gasteiger partial charge in [0, 0.05) is 11.9 Å². The van der Waals surface area contributed by atoms with Crippen molar-refractivity contribution in [2.45, 2.75) is 19.9 Å². The van der Waals surface area contributed by atoms with E-state index in [0.717, 1.165) is 30.0 Å². The van der Waals surface area contributed by atoms with E-state index in [1.54, 1.807) is 5.38 Å². The van der Waals surface area contributed by atoms with Crippen molar-refractivity contribution >= 4 is 17.3 Å². The topological polar surface area (TPSA) is 83.3 Å². The largest absolute Gasteiger partial charge is 0.370 e. The molecule has 0 unspecified atom stereocenters. The number of hydrogen-bond donors (Lipinski definition) is 3. The fraction of sp³-hybridized carbons (Fsp3) is 0.500. The number of nitrogens with zero attached hydrogens (tertiary/aromatic N) is 1. The number of hydrogen-bond acceptors (Lipinski definition) is 3. The van der Waals surface area contributed by atoms with E-state index >= 15 is 0 Å². The number of thiazole rings is 1. The van der Waals surface area contributed by atoms with Gasteiger partial charge >= 0.3 is 4.87 Å². The van der Waals surface area contributed by atoms with Crippen LogP contribution in [-0.4, -0.2) is 17.5 Å². The van der Waals surface area contributed by atoms with Gasteiger partial charge in [-0.3, -0.25) is 4.79 Å². The molecule has 0 atom stereocenters. The molecule has 1 rings (SSSR count). The Morgan fingerprint density at radius 1 is 1.79 bits per heavy atom. The highest BCUT2D eigenvalue weighted by Gasteiger charge is 1.95. The van der Waals surface area contributed by atoms with Gasteiger partial charge < -0.3 is 16.0 Å². The van der Waals surface area contributed by atoms with Gasteiger partial charge in [-0.15, -0.1) is 0 Å². The summed E-state index contributed by atoms with van der Waals surface area (Å²) in [6, 6.07) is 0. The minimum atomic E-state index is -0.0599. The van der Waals surface area contributed by atoms with Crippen LogP contribution < -0.4 is 15.9 Å². The lowest BCUT2D eigenvalue weighted by molar-refractivity contribution is 0.823. The smallest absolute Gasteiger partial charge is 0.304 e. The van der Waals surface area contributed by atoms with Gasteiger partial charge in [0.15, 0.2) is 5.96 Å². The standard InChI is InChI=1S/C8H14N4OS/c1-2-3-10-7(9)11-4-6-5-14-8(13)12-6/h5H,2-4H2,1H3,(H,12,13)(H3,9,10,11). The van der Waals surface area contributed by atoms with Crippen LogP contribution in [0.25, 0.3) is 0 Å². The van der Waals surface area contributed by atoms with Gasteiger partial charge in [0.25, 0.3) is 0 Å². The number of rotatable bonds is 4. The highest BCUT2D eigenvalue weighted by Crippen LogP contribution is 1.96. The molecule has 0 amide bonds. The maximum Gasteiger partial charge on any atom is 0.304 e. The van der Waals surface area contributed by atoms with Gasteiger partial charge in [0.05, 0.1) is 12.2 Å². The van der Waals surface area contributed by atoms with Crippen molar-refractivity contribution in [3.8, 4) is 0 Å². The van der Waals surface area contributed by atoms with Gasteiger partial charge in [-0.2, -0.15) is 0 Å². The normalized spacial score (nSPS) is 11.6. The van der Waals surface area contributed by atoms with Crippen LogP contribution in [0.2, 0.25) is 0 Å². The highest BCUT2D eigenvalue weighted by molar-refractivity contribution is 7.07. The predicted molar refractivity (Wildman–Crippen MR) is 58.6 cm³/mol. The molecule has 6 heteroatoms. The first kappa shape index (κ1) is 10.8. The van der Waals surface area contributed by atoms with E-state index in [9.17, 15) is 4.79 Å². The first-order valence-electron chi connectivity index (χ1n) is 4.43. The van der Waals surface area contributed by atoms with Crippen molar-refractivity contribution in [1.29, 1.82) is 0 Å². The molecule has 4 N–H and O–H groups in total. The fourth-order valence-electron chi connectivity index (χ4n) is 0.871. The molecular formula is C8H14N4OS. The maximum absolute atomic E-state index is 10.8. The van der Waals surface area contributed by atoms with Crippen molar-refractivity contribution in [2.24, 2.45) is 10.7 Å².